The normalized spacial score (nSPS) is 11.8. The Morgan fingerprint density at radius 2 is 2.25 bits per heavy atom. The van der Waals surface area contributed by atoms with Gasteiger partial charge in [0, 0.05) is 5.75 Å². The van der Waals surface area contributed by atoms with Gasteiger partial charge in [-0.3, -0.25) is 0 Å². The van der Waals surface area contributed by atoms with Crippen molar-refractivity contribution in [3.63, 3.8) is 0 Å². The summed E-state index contributed by atoms with van der Waals surface area (Å²) in [4.78, 5) is 9.65. The van der Waals surface area contributed by atoms with E-state index in [9.17, 15) is 9.90 Å². The number of rotatable bonds is 2. The molecule has 0 unspecified atom stereocenters. The van der Waals surface area contributed by atoms with Crippen LogP contribution in [-0.4, -0.2) is 17.8 Å². The topological polar surface area (TPSA) is 66.2 Å². The fourth-order valence-electron chi connectivity index (χ4n) is 0.0745. The minimum Gasteiger partial charge on any atom is -0.548 e. The van der Waals surface area contributed by atoms with Crippen LogP contribution in [0.3, 0.4) is 0 Å². The fraction of sp³-hybridized carbons (Fsp3) is 0.667. The van der Waals surface area contributed by atoms with Crippen molar-refractivity contribution in [3.8, 4) is 0 Å². The summed E-state index contributed by atoms with van der Waals surface area (Å²) in [7, 11) is 0. The maximum Gasteiger partial charge on any atom is 1.00 e. The number of hydrogen-bond donors (Lipinski definition) is 2. The second-order valence-electron chi connectivity index (χ2n) is 1.11. The van der Waals surface area contributed by atoms with Gasteiger partial charge in [-0.05, 0) is 0 Å². The summed E-state index contributed by atoms with van der Waals surface area (Å²) in [6.45, 7) is 0. The molecule has 0 aromatic carbocycles. The van der Waals surface area contributed by atoms with Crippen LogP contribution in [-0.2, 0) is 4.79 Å². The maximum atomic E-state index is 9.65. The third-order valence-corrected chi connectivity index (χ3v) is 0.893. The molecular formula is C3H6LiNO2S. The van der Waals surface area contributed by atoms with Crippen molar-refractivity contribution < 1.29 is 28.8 Å². The van der Waals surface area contributed by atoms with Crippen LogP contribution < -0.4 is 29.7 Å². The maximum absolute atomic E-state index is 9.65. The number of hydrogen-bond acceptors (Lipinski definition) is 4. The Bertz CT molecular complexity index is 79.7. The first kappa shape index (κ1) is 11.2. The molecular weight excluding hydrogens is 121 g/mol. The minimum absolute atomic E-state index is 0. The zero-order valence-corrected chi connectivity index (χ0v) is 5.52. The minimum atomic E-state index is -1.25. The Morgan fingerprint density at radius 3 is 2.25 bits per heavy atom. The van der Waals surface area contributed by atoms with E-state index >= 15 is 0 Å². The van der Waals surface area contributed by atoms with E-state index in [1.54, 1.807) is 0 Å². The van der Waals surface area contributed by atoms with Crippen LogP contribution in [0.15, 0.2) is 0 Å². The number of nitrogens with two attached hydrogens (primary N) is 1. The number of thiol groups is 1. The van der Waals surface area contributed by atoms with Crippen molar-refractivity contribution in [1.82, 2.24) is 0 Å². The van der Waals surface area contributed by atoms with E-state index < -0.39 is 12.0 Å². The number of carbonyl (C=O) groups excluding carboxylic acids is 1. The monoisotopic (exact) mass is 127 g/mol. The van der Waals surface area contributed by atoms with E-state index in [4.69, 9.17) is 5.73 Å². The molecule has 0 radical (unpaired) electrons. The number of carbonyl (C=O) groups is 1. The predicted octanol–water partition coefficient (Wildman–Crippen LogP) is -5.00. The Morgan fingerprint density at radius 1 is 1.88 bits per heavy atom. The molecule has 0 saturated carbocycles. The quantitative estimate of drug-likeness (QED) is 0.288. The molecule has 0 aliphatic carbocycles. The first-order valence-electron chi connectivity index (χ1n) is 1.75. The summed E-state index contributed by atoms with van der Waals surface area (Å²) in [6.07, 6.45) is 0. The molecule has 0 aromatic heterocycles. The third kappa shape index (κ3) is 4.53. The van der Waals surface area contributed by atoms with Gasteiger partial charge < -0.3 is 15.6 Å². The number of aliphatic carboxylic acids is 1. The van der Waals surface area contributed by atoms with Gasteiger partial charge in [-0.15, -0.1) is 0 Å². The zero-order chi connectivity index (χ0) is 5.86. The first-order chi connectivity index (χ1) is 3.18. The van der Waals surface area contributed by atoms with Gasteiger partial charge in [0.05, 0.1) is 12.0 Å². The summed E-state index contributed by atoms with van der Waals surface area (Å²) in [6, 6.07) is -0.927. The van der Waals surface area contributed by atoms with E-state index in [1.165, 1.54) is 0 Å². The molecule has 5 heteroatoms. The summed E-state index contributed by atoms with van der Waals surface area (Å²) in [5.74, 6) is -1.13. The summed E-state index contributed by atoms with van der Waals surface area (Å²) in [5, 5.41) is 9.65. The van der Waals surface area contributed by atoms with Crippen molar-refractivity contribution in [2.24, 2.45) is 5.73 Å². The second kappa shape index (κ2) is 5.51. The summed E-state index contributed by atoms with van der Waals surface area (Å²) < 4.78 is 0. The van der Waals surface area contributed by atoms with Crippen LogP contribution in [0.25, 0.3) is 0 Å². The largest absolute Gasteiger partial charge is 1.00 e. The van der Waals surface area contributed by atoms with E-state index in [-0.39, 0.29) is 24.6 Å². The predicted molar refractivity (Wildman–Crippen MR) is 26.8 cm³/mol. The molecule has 0 rings (SSSR count). The van der Waals surface area contributed by atoms with Crippen LogP contribution in [0, 0.1) is 0 Å². The van der Waals surface area contributed by atoms with Crippen molar-refractivity contribution >= 4 is 18.6 Å². The average Bonchev–Trinajstić information content (AvgIpc) is 1.65. The Hall–Kier alpha value is 0.377. The molecule has 0 aliphatic rings. The molecule has 8 heavy (non-hydrogen) atoms. The smallest absolute Gasteiger partial charge is 0.548 e. The average molecular weight is 127 g/mol. The molecule has 0 saturated heterocycles. The van der Waals surface area contributed by atoms with E-state index in [0.29, 0.717) is 0 Å². The molecule has 0 bridgehead atoms. The zero-order valence-electron chi connectivity index (χ0n) is 4.63. The van der Waals surface area contributed by atoms with E-state index in [2.05, 4.69) is 12.6 Å². The summed E-state index contributed by atoms with van der Waals surface area (Å²) >= 11 is 3.61. The SMILES string of the molecule is N[C@@H](CS)C(=O)[O-].[Li+]. The van der Waals surface area contributed by atoms with E-state index in [0.717, 1.165) is 0 Å². The van der Waals surface area contributed by atoms with Gasteiger partial charge in [-0.25, -0.2) is 0 Å². The van der Waals surface area contributed by atoms with Gasteiger partial charge in [0.1, 0.15) is 0 Å². The Labute approximate surface area is 65.2 Å². The van der Waals surface area contributed by atoms with Crippen molar-refractivity contribution in [3.05, 3.63) is 0 Å². The summed E-state index contributed by atoms with van der Waals surface area (Å²) in [5.41, 5.74) is 4.88. The number of carboxylic acid groups (broad SMARTS) is 1. The molecule has 1 atom stereocenters. The van der Waals surface area contributed by atoms with Crippen LogP contribution >= 0.6 is 12.6 Å². The Kier molecular flexibility index (Phi) is 7.73. The first-order valence-corrected chi connectivity index (χ1v) is 2.39. The molecule has 0 spiro atoms. The van der Waals surface area contributed by atoms with Gasteiger partial charge in [-0.2, -0.15) is 12.6 Å². The van der Waals surface area contributed by atoms with Gasteiger partial charge in [-0.1, -0.05) is 0 Å². The van der Waals surface area contributed by atoms with Gasteiger partial charge in [0.15, 0.2) is 0 Å². The van der Waals surface area contributed by atoms with Crippen LogP contribution in [0.4, 0.5) is 0 Å². The van der Waals surface area contributed by atoms with Crippen molar-refractivity contribution in [2.45, 2.75) is 6.04 Å². The molecule has 0 fully saturated rings. The van der Waals surface area contributed by atoms with Crippen LogP contribution in [0.5, 0.6) is 0 Å². The fourth-order valence-corrected chi connectivity index (χ4v) is 0.224. The molecule has 0 aliphatic heterocycles. The van der Waals surface area contributed by atoms with Crippen LogP contribution in [0.2, 0.25) is 0 Å². The molecule has 0 amide bonds. The number of carboxylic acids is 1. The van der Waals surface area contributed by atoms with Gasteiger partial charge in [0.25, 0.3) is 0 Å². The van der Waals surface area contributed by atoms with E-state index in [1.807, 2.05) is 0 Å². The van der Waals surface area contributed by atoms with Gasteiger partial charge in [0.2, 0.25) is 0 Å². The molecule has 2 N–H and O–H groups in total. The second-order valence-corrected chi connectivity index (χ2v) is 1.47. The van der Waals surface area contributed by atoms with Crippen molar-refractivity contribution in [1.29, 1.82) is 0 Å². The molecule has 0 heterocycles. The molecule has 0 aromatic rings. The standard InChI is InChI=1S/C3H7NO2S.Li/c4-2(1-7)3(5)6;/h2,7H,1,4H2,(H,5,6);/q;+1/p-1/t2-;/m0./s1. The van der Waals surface area contributed by atoms with Crippen LogP contribution in [0.1, 0.15) is 0 Å². The Balaban J connectivity index is 0. The third-order valence-electron chi connectivity index (χ3n) is 0.499. The molecule has 42 valence electrons. The van der Waals surface area contributed by atoms with Crippen molar-refractivity contribution in [2.75, 3.05) is 5.75 Å². The van der Waals surface area contributed by atoms with Gasteiger partial charge >= 0.3 is 18.9 Å². The molecule has 3 nitrogen and oxygen atoms in total.